The Morgan fingerprint density at radius 2 is 1.95 bits per heavy atom. The molecule has 106 valence electrons. The summed E-state index contributed by atoms with van der Waals surface area (Å²) in [5, 5.41) is 8.86. The van der Waals surface area contributed by atoms with Crippen molar-refractivity contribution in [3.8, 4) is 0 Å². The Labute approximate surface area is 113 Å². The van der Waals surface area contributed by atoms with Crippen molar-refractivity contribution >= 4 is 16.9 Å². The number of nitrogens with zero attached hydrogens (tertiary/aromatic N) is 3. The third-order valence-corrected chi connectivity index (χ3v) is 2.73. The summed E-state index contributed by atoms with van der Waals surface area (Å²) in [6.45, 7) is -1.22. The van der Waals surface area contributed by atoms with Crippen LogP contribution in [0.25, 0.3) is 11.0 Å². The molecule has 1 amide bonds. The van der Waals surface area contributed by atoms with Gasteiger partial charge in [-0.3, -0.25) is 14.8 Å². The molecule has 0 radical (unpaired) electrons. The highest BCUT2D eigenvalue weighted by Crippen LogP contribution is 2.13. The maximum Gasteiger partial charge on any atom is 0.255 e. The van der Waals surface area contributed by atoms with Crippen LogP contribution in [0.15, 0.2) is 30.6 Å². The van der Waals surface area contributed by atoms with Crippen molar-refractivity contribution in [2.24, 2.45) is 0 Å². The third-order valence-electron chi connectivity index (χ3n) is 2.73. The topological polar surface area (TPSA) is 66.3 Å². The highest BCUT2D eigenvalue weighted by Gasteiger charge is 2.19. The van der Waals surface area contributed by atoms with E-state index in [9.17, 15) is 13.6 Å². The van der Waals surface area contributed by atoms with E-state index in [-0.39, 0.29) is 18.7 Å². The first-order valence-electron chi connectivity index (χ1n) is 6.01. The lowest BCUT2D eigenvalue weighted by Crippen LogP contribution is -2.37. The number of carbonyl (C=O) groups excluding carboxylic acids is 1. The van der Waals surface area contributed by atoms with Crippen LogP contribution in [0.2, 0.25) is 0 Å². The summed E-state index contributed by atoms with van der Waals surface area (Å²) < 4.78 is 24.9. The quantitative estimate of drug-likeness (QED) is 0.898. The number of benzene rings is 1. The van der Waals surface area contributed by atoms with Gasteiger partial charge in [0.25, 0.3) is 12.3 Å². The number of hydrogen-bond donors (Lipinski definition) is 1. The molecule has 0 aliphatic heterocycles. The Balaban J connectivity index is 2.28. The van der Waals surface area contributed by atoms with Gasteiger partial charge in [0, 0.05) is 24.5 Å². The van der Waals surface area contributed by atoms with Gasteiger partial charge in [-0.05, 0) is 18.2 Å². The van der Waals surface area contributed by atoms with Crippen LogP contribution in [0, 0.1) is 0 Å². The summed E-state index contributed by atoms with van der Waals surface area (Å²) in [6, 6.07) is 4.62. The molecule has 2 rings (SSSR count). The molecule has 7 heteroatoms. The van der Waals surface area contributed by atoms with Crippen LogP contribution < -0.4 is 0 Å². The second kappa shape index (κ2) is 6.33. The van der Waals surface area contributed by atoms with E-state index < -0.39 is 18.9 Å². The Hall–Kier alpha value is -2.15. The summed E-state index contributed by atoms with van der Waals surface area (Å²) >= 11 is 0. The van der Waals surface area contributed by atoms with Crippen LogP contribution >= 0.6 is 0 Å². The van der Waals surface area contributed by atoms with Crippen LogP contribution in [0.4, 0.5) is 8.78 Å². The molecule has 0 fully saturated rings. The second-order valence-electron chi connectivity index (χ2n) is 4.13. The molecule has 20 heavy (non-hydrogen) atoms. The number of rotatable bonds is 5. The SMILES string of the molecule is O=C(c1ccc2nccnc2c1)N(CCO)CC(F)F. The summed E-state index contributed by atoms with van der Waals surface area (Å²) in [6.07, 6.45) is 0.366. The van der Waals surface area contributed by atoms with E-state index in [1.54, 1.807) is 6.07 Å². The molecule has 0 spiro atoms. The molecular weight excluding hydrogens is 268 g/mol. The zero-order valence-electron chi connectivity index (χ0n) is 10.5. The Bertz CT molecular complexity index is 607. The minimum Gasteiger partial charge on any atom is -0.395 e. The van der Waals surface area contributed by atoms with E-state index in [4.69, 9.17) is 5.11 Å². The number of carbonyl (C=O) groups is 1. The zero-order chi connectivity index (χ0) is 14.5. The van der Waals surface area contributed by atoms with Gasteiger partial charge in [0.1, 0.15) is 0 Å². The molecule has 1 aromatic heterocycles. The van der Waals surface area contributed by atoms with E-state index in [0.29, 0.717) is 11.0 Å². The highest BCUT2D eigenvalue weighted by atomic mass is 19.3. The van der Waals surface area contributed by atoms with Crippen molar-refractivity contribution in [2.45, 2.75) is 6.43 Å². The number of fused-ring (bicyclic) bond motifs is 1. The van der Waals surface area contributed by atoms with E-state index in [1.165, 1.54) is 24.5 Å². The van der Waals surface area contributed by atoms with Gasteiger partial charge in [-0.2, -0.15) is 0 Å². The highest BCUT2D eigenvalue weighted by molar-refractivity contribution is 5.97. The standard InChI is InChI=1S/C13H13F2N3O2/c14-12(15)8-18(5-6-19)13(20)9-1-2-10-11(7-9)17-4-3-16-10/h1-4,7,12,19H,5-6,8H2. The summed E-state index contributed by atoms with van der Waals surface area (Å²) in [7, 11) is 0. The van der Waals surface area contributed by atoms with E-state index in [0.717, 1.165) is 4.90 Å². The van der Waals surface area contributed by atoms with Gasteiger partial charge >= 0.3 is 0 Å². The Morgan fingerprint density at radius 1 is 1.25 bits per heavy atom. The zero-order valence-corrected chi connectivity index (χ0v) is 10.5. The lowest BCUT2D eigenvalue weighted by atomic mass is 10.1. The molecule has 0 aliphatic rings. The number of amides is 1. The minimum atomic E-state index is -2.65. The van der Waals surface area contributed by atoms with Crippen LogP contribution in [0.5, 0.6) is 0 Å². The van der Waals surface area contributed by atoms with Crippen LogP contribution in [-0.2, 0) is 0 Å². The predicted molar refractivity (Wildman–Crippen MR) is 68.5 cm³/mol. The number of alkyl halides is 2. The number of halogens is 2. The molecule has 2 aromatic rings. The van der Waals surface area contributed by atoms with Gasteiger partial charge in [-0.15, -0.1) is 0 Å². The summed E-state index contributed by atoms with van der Waals surface area (Å²) in [5.41, 5.74) is 1.37. The Kier molecular flexibility index (Phi) is 4.52. The van der Waals surface area contributed by atoms with Gasteiger partial charge in [0.05, 0.1) is 24.2 Å². The lowest BCUT2D eigenvalue weighted by molar-refractivity contribution is 0.0509. The second-order valence-corrected chi connectivity index (χ2v) is 4.13. The molecule has 1 aromatic carbocycles. The molecule has 0 bridgehead atoms. The van der Waals surface area contributed by atoms with Gasteiger partial charge in [0.2, 0.25) is 0 Å². The predicted octanol–water partition coefficient (Wildman–Crippen LogP) is 1.33. The molecule has 0 saturated heterocycles. The lowest BCUT2D eigenvalue weighted by Gasteiger charge is -2.21. The fraction of sp³-hybridized carbons (Fsp3) is 0.308. The number of aliphatic hydroxyl groups excluding tert-OH is 1. The first-order valence-corrected chi connectivity index (χ1v) is 6.01. The van der Waals surface area contributed by atoms with Gasteiger partial charge in [0.15, 0.2) is 0 Å². The first kappa shape index (κ1) is 14.3. The fourth-order valence-electron chi connectivity index (χ4n) is 1.84. The van der Waals surface area contributed by atoms with E-state index in [2.05, 4.69) is 9.97 Å². The largest absolute Gasteiger partial charge is 0.395 e. The minimum absolute atomic E-state index is 0.137. The smallest absolute Gasteiger partial charge is 0.255 e. The van der Waals surface area contributed by atoms with Crippen LogP contribution in [-0.4, -0.2) is 52.0 Å². The molecular formula is C13H13F2N3O2. The maximum absolute atomic E-state index is 12.4. The van der Waals surface area contributed by atoms with Crippen molar-refractivity contribution in [3.05, 3.63) is 36.2 Å². The molecule has 0 unspecified atom stereocenters. The first-order chi connectivity index (χ1) is 9.61. The molecule has 0 saturated carbocycles. The van der Waals surface area contributed by atoms with Gasteiger partial charge in [-0.25, -0.2) is 8.78 Å². The number of hydrogen-bond acceptors (Lipinski definition) is 4. The van der Waals surface area contributed by atoms with Gasteiger partial charge in [-0.1, -0.05) is 0 Å². The molecule has 5 nitrogen and oxygen atoms in total. The van der Waals surface area contributed by atoms with Crippen LogP contribution in [0.1, 0.15) is 10.4 Å². The van der Waals surface area contributed by atoms with Crippen molar-refractivity contribution < 1.29 is 18.7 Å². The molecule has 1 N–H and O–H groups in total. The van der Waals surface area contributed by atoms with Gasteiger partial charge < -0.3 is 10.0 Å². The molecule has 0 atom stereocenters. The average molecular weight is 281 g/mol. The van der Waals surface area contributed by atoms with Crippen molar-refractivity contribution in [2.75, 3.05) is 19.7 Å². The third kappa shape index (κ3) is 3.24. The fourth-order valence-corrected chi connectivity index (χ4v) is 1.84. The summed E-state index contributed by atoms with van der Waals surface area (Å²) in [5.74, 6) is -0.563. The average Bonchev–Trinajstić information content (AvgIpc) is 2.45. The Morgan fingerprint density at radius 3 is 2.60 bits per heavy atom. The maximum atomic E-state index is 12.4. The molecule has 1 heterocycles. The van der Waals surface area contributed by atoms with E-state index >= 15 is 0 Å². The number of aliphatic hydroxyl groups is 1. The number of aromatic nitrogens is 2. The van der Waals surface area contributed by atoms with E-state index in [1.807, 2.05) is 0 Å². The van der Waals surface area contributed by atoms with Crippen molar-refractivity contribution in [1.82, 2.24) is 14.9 Å². The molecule has 0 aliphatic carbocycles. The van der Waals surface area contributed by atoms with Crippen LogP contribution in [0.3, 0.4) is 0 Å². The normalized spacial score (nSPS) is 11.0. The summed E-state index contributed by atoms with van der Waals surface area (Å²) in [4.78, 5) is 21.2. The van der Waals surface area contributed by atoms with Crippen molar-refractivity contribution in [1.29, 1.82) is 0 Å². The van der Waals surface area contributed by atoms with Crippen molar-refractivity contribution in [3.63, 3.8) is 0 Å². The monoisotopic (exact) mass is 281 g/mol.